The predicted octanol–water partition coefficient (Wildman–Crippen LogP) is 2.66. The molecule has 0 saturated heterocycles. The van der Waals surface area contributed by atoms with E-state index in [4.69, 9.17) is 0 Å². The molecule has 1 aromatic heterocycles. The van der Waals surface area contributed by atoms with Gasteiger partial charge in [0.1, 0.15) is 0 Å². The van der Waals surface area contributed by atoms with Gasteiger partial charge < -0.3 is 0 Å². The highest BCUT2D eigenvalue weighted by Crippen LogP contribution is 2.08. The molecule has 0 unspecified atom stereocenters. The molecule has 5 heteroatoms. The average Bonchev–Trinajstić information content (AvgIpc) is 2.77. The summed E-state index contributed by atoms with van der Waals surface area (Å²) < 4.78 is 1.84. The molecule has 0 aliphatic heterocycles. The molecule has 1 heterocycles. The number of amides is 1. The van der Waals surface area contributed by atoms with Gasteiger partial charge in [0.2, 0.25) is 5.91 Å². The lowest BCUT2D eigenvalue weighted by molar-refractivity contribution is -0.121. The van der Waals surface area contributed by atoms with Gasteiger partial charge in [-0.2, -0.15) is 10.2 Å². The molecule has 0 atom stereocenters. The van der Waals surface area contributed by atoms with Crippen molar-refractivity contribution < 1.29 is 4.79 Å². The Morgan fingerprint density at radius 1 is 1.27 bits per heavy atom. The van der Waals surface area contributed by atoms with Gasteiger partial charge in [0, 0.05) is 12.1 Å². The first-order valence-electron chi connectivity index (χ1n) is 7.36. The standard InChI is InChI=1S/C17H22N4O/c1-12-5-6-16(13(2)9-12)11-18-19-17(22)7-8-21-15(4)10-14(3)20-21/h5-6,9-11H,7-8H2,1-4H3,(H,19,22)/b18-11-. The minimum Gasteiger partial charge on any atom is -0.273 e. The lowest BCUT2D eigenvalue weighted by Crippen LogP contribution is -2.20. The number of aromatic nitrogens is 2. The zero-order valence-electron chi connectivity index (χ0n) is 13.6. The first-order valence-corrected chi connectivity index (χ1v) is 7.36. The van der Waals surface area contributed by atoms with Gasteiger partial charge in [-0.25, -0.2) is 5.43 Å². The minimum atomic E-state index is -0.117. The summed E-state index contributed by atoms with van der Waals surface area (Å²) in [4.78, 5) is 11.8. The topological polar surface area (TPSA) is 59.3 Å². The summed E-state index contributed by atoms with van der Waals surface area (Å²) in [5.74, 6) is -0.117. The van der Waals surface area contributed by atoms with E-state index in [-0.39, 0.29) is 5.91 Å². The van der Waals surface area contributed by atoms with Crippen molar-refractivity contribution in [3.63, 3.8) is 0 Å². The van der Waals surface area contributed by atoms with Crippen molar-refractivity contribution in [2.75, 3.05) is 0 Å². The van der Waals surface area contributed by atoms with Crippen LogP contribution in [0.15, 0.2) is 29.4 Å². The van der Waals surface area contributed by atoms with Gasteiger partial charge >= 0.3 is 0 Å². The summed E-state index contributed by atoms with van der Waals surface area (Å²) in [6.07, 6.45) is 2.03. The Hall–Kier alpha value is -2.43. The Labute approximate surface area is 131 Å². The van der Waals surface area contributed by atoms with E-state index in [1.807, 2.05) is 43.7 Å². The van der Waals surface area contributed by atoms with Crippen LogP contribution in [0.25, 0.3) is 0 Å². The number of hydrogen-bond donors (Lipinski definition) is 1. The maximum absolute atomic E-state index is 11.8. The molecule has 1 N–H and O–H groups in total. The molecule has 0 aliphatic rings. The van der Waals surface area contributed by atoms with E-state index >= 15 is 0 Å². The third-order valence-electron chi connectivity index (χ3n) is 3.47. The van der Waals surface area contributed by atoms with E-state index < -0.39 is 0 Å². The van der Waals surface area contributed by atoms with Crippen LogP contribution in [0.5, 0.6) is 0 Å². The van der Waals surface area contributed by atoms with Gasteiger partial charge in [0.05, 0.1) is 18.5 Å². The fraction of sp³-hybridized carbons (Fsp3) is 0.353. The molecule has 0 bridgehead atoms. The number of nitrogens with zero attached hydrogens (tertiary/aromatic N) is 3. The number of carbonyl (C=O) groups is 1. The molecule has 116 valence electrons. The largest absolute Gasteiger partial charge is 0.273 e. The van der Waals surface area contributed by atoms with Crippen molar-refractivity contribution in [1.82, 2.24) is 15.2 Å². The summed E-state index contributed by atoms with van der Waals surface area (Å²) in [5, 5.41) is 8.35. The van der Waals surface area contributed by atoms with E-state index in [1.54, 1.807) is 6.21 Å². The van der Waals surface area contributed by atoms with Gasteiger partial charge in [0.25, 0.3) is 0 Å². The molecule has 2 aromatic rings. The number of benzene rings is 1. The Bertz CT molecular complexity index is 701. The number of hydrogen-bond acceptors (Lipinski definition) is 3. The van der Waals surface area contributed by atoms with E-state index in [9.17, 15) is 4.79 Å². The summed E-state index contributed by atoms with van der Waals surface area (Å²) in [7, 11) is 0. The molecule has 5 nitrogen and oxygen atoms in total. The molecule has 0 radical (unpaired) electrons. The molecule has 22 heavy (non-hydrogen) atoms. The molecule has 1 amide bonds. The predicted molar refractivity (Wildman–Crippen MR) is 88.0 cm³/mol. The van der Waals surface area contributed by atoms with Crippen LogP contribution in [0.3, 0.4) is 0 Å². The highest BCUT2D eigenvalue weighted by Gasteiger charge is 2.04. The highest BCUT2D eigenvalue weighted by molar-refractivity contribution is 5.83. The van der Waals surface area contributed by atoms with E-state index in [0.717, 1.165) is 22.5 Å². The SMILES string of the molecule is Cc1ccc(/C=N\NC(=O)CCn2nc(C)cc2C)c(C)c1. The van der Waals surface area contributed by atoms with Crippen LogP contribution in [0.4, 0.5) is 0 Å². The van der Waals surface area contributed by atoms with E-state index in [2.05, 4.69) is 28.6 Å². The molecular formula is C17H22N4O. The molecular weight excluding hydrogens is 276 g/mol. The molecule has 0 saturated carbocycles. The zero-order chi connectivity index (χ0) is 16.1. The molecule has 0 spiro atoms. The second-order valence-corrected chi connectivity index (χ2v) is 5.55. The molecule has 0 fully saturated rings. The number of aryl methyl sites for hydroxylation is 5. The fourth-order valence-electron chi connectivity index (χ4n) is 2.31. The maximum atomic E-state index is 11.8. The number of carbonyl (C=O) groups excluding carboxylic acids is 1. The van der Waals surface area contributed by atoms with Gasteiger partial charge in [-0.1, -0.05) is 23.8 Å². The second-order valence-electron chi connectivity index (χ2n) is 5.55. The van der Waals surface area contributed by atoms with Crippen LogP contribution in [0.1, 0.15) is 34.5 Å². The number of hydrazone groups is 1. The summed E-state index contributed by atoms with van der Waals surface area (Å²) in [5.41, 5.74) is 7.94. The fourth-order valence-corrected chi connectivity index (χ4v) is 2.31. The lowest BCUT2D eigenvalue weighted by atomic mass is 10.1. The summed E-state index contributed by atoms with van der Waals surface area (Å²) in [6, 6.07) is 8.11. The van der Waals surface area contributed by atoms with Crippen molar-refractivity contribution >= 4 is 12.1 Å². The molecule has 0 aliphatic carbocycles. The van der Waals surface area contributed by atoms with Gasteiger partial charge in [0.15, 0.2) is 0 Å². The summed E-state index contributed by atoms with van der Waals surface area (Å²) >= 11 is 0. The van der Waals surface area contributed by atoms with Crippen LogP contribution in [-0.4, -0.2) is 21.9 Å². The highest BCUT2D eigenvalue weighted by atomic mass is 16.2. The Balaban J connectivity index is 1.85. The first kappa shape index (κ1) is 15.9. The van der Waals surface area contributed by atoms with Gasteiger partial charge in [-0.05, 0) is 44.9 Å². The third kappa shape index (κ3) is 4.28. The Kier molecular flexibility index (Phi) is 5.09. The second kappa shape index (κ2) is 7.02. The quantitative estimate of drug-likeness (QED) is 0.681. The zero-order valence-corrected chi connectivity index (χ0v) is 13.6. The van der Waals surface area contributed by atoms with E-state index in [0.29, 0.717) is 13.0 Å². The average molecular weight is 298 g/mol. The smallest absolute Gasteiger partial charge is 0.241 e. The van der Waals surface area contributed by atoms with Crippen molar-refractivity contribution in [1.29, 1.82) is 0 Å². The first-order chi connectivity index (χ1) is 10.5. The van der Waals surface area contributed by atoms with E-state index in [1.165, 1.54) is 5.56 Å². The Morgan fingerprint density at radius 2 is 2.05 bits per heavy atom. The van der Waals surface area contributed by atoms with Crippen LogP contribution >= 0.6 is 0 Å². The van der Waals surface area contributed by atoms with Crippen molar-refractivity contribution in [2.45, 2.75) is 40.7 Å². The molecule has 2 rings (SSSR count). The third-order valence-corrected chi connectivity index (χ3v) is 3.47. The maximum Gasteiger partial charge on any atom is 0.241 e. The van der Waals surface area contributed by atoms with Crippen LogP contribution in [0, 0.1) is 27.7 Å². The number of rotatable bonds is 5. The normalized spacial score (nSPS) is 11.1. The lowest BCUT2D eigenvalue weighted by Gasteiger charge is -2.04. The van der Waals surface area contributed by atoms with Crippen molar-refractivity contribution in [2.24, 2.45) is 5.10 Å². The van der Waals surface area contributed by atoms with Crippen molar-refractivity contribution in [3.8, 4) is 0 Å². The van der Waals surface area contributed by atoms with Crippen LogP contribution < -0.4 is 5.43 Å². The monoisotopic (exact) mass is 298 g/mol. The van der Waals surface area contributed by atoms with Crippen LogP contribution in [-0.2, 0) is 11.3 Å². The molecule has 1 aromatic carbocycles. The minimum absolute atomic E-state index is 0.117. The number of nitrogens with one attached hydrogen (secondary N) is 1. The summed E-state index contributed by atoms with van der Waals surface area (Å²) in [6.45, 7) is 8.56. The Morgan fingerprint density at radius 3 is 2.68 bits per heavy atom. The van der Waals surface area contributed by atoms with Gasteiger partial charge in [-0.15, -0.1) is 0 Å². The van der Waals surface area contributed by atoms with Gasteiger partial charge in [-0.3, -0.25) is 9.48 Å². The van der Waals surface area contributed by atoms with Crippen molar-refractivity contribution in [3.05, 3.63) is 52.3 Å². The van der Waals surface area contributed by atoms with Crippen LogP contribution in [0.2, 0.25) is 0 Å².